The van der Waals surface area contributed by atoms with E-state index >= 15 is 0 Å². The van der Waals surface area contributed by atoms with Gasteiger partial charge in [0, 0.05) is 11.0 Å². The van der Waals surface area contributed by atoms with Crippen LogP contribution in [0.3, 0.4) is 0 Å². The zero-order chi connectivity index (χ0) is 6.57. The first-order valence-electron chi connectivity index (χ1n) is 2.21. The van der Waals surface area contributed by atoms with E-state index in [0.29, 0.717) is 6.42 Å². The molecular weight excluding hydrogens is 190 g/mol. The Morgan fingerprint density at radius 1 is 1.40 bits per heavy atom. The van der Waals surface area contributed by atoms with Crippen LogP contribution < -0.4 is 0 Å². The molecule has 0 aromatic heterocycles. The predicted molar refractivity (Wildman–Crippen MR) is 52.9 cm³/mol. The standard InChI is InChI=1S/C4H8O2S2.2Na.2H/c5-3(6)1-2-4(7)8;;;;/h4,7-8H,1-2H2,(H,5,6);;;;. The van der Waals surface area contributed by atoms with Crippen LogP contribution >= 0.6 is 25.3 Å². The Kier molecular flexibility index (Phi) is 20.2. The Morgan fingerprint density at radius 2 is 1.80 bits per heavy atom. The molecule has 0 atom stereocenters. The van der Waals surface area contributed by atoms with Gasteiger partial charge in [0.05, 0.1) is 0 Å². The van der Waals surface area contributed by atoms with Crippen molar-refractivity contribution >= 4 is 90.3 Å². The molecule has 0 rings (SSSR count). The number of hydrogen-bond acceptors (Lipinski definition) is 3. The summed E-state index contributed by atoms with van der Waals surface area (Å²) >= 11 is 7.75. The molecule has 2 nitrogen and oxygen atoms in total. The molecule has 0 radical (unpaired) electrons. The maximum atomic E-state index is 9.84. The summed E-state index contributed by atoms with van der Waals surface area (Å²) in [6.07, 6.45) is 0.666. The topological polar surface area (TPSA) is 37.3 Å². The Balaban J connectivity index is -0.000000245. The minimum atomic E-state index is -0.793. The van der Waals surface area contributed by atoms with Crippen molar-refractivity contribution in [3.63, 3.8) is 0 Å². The Morgan fingerprint density at radius 3 is 1.90 bits per heavy atom. The van der Waals surface area contributed by atoms with E-state index in [1.54, 1.807) is 0 Å². The van der Waals surface area contributed by atoms with Crippen LogP contribution in [0.25, 0.3) is 0 Å². The molecular formula is C4H10Na2O2S2. The van der Waals surface area contributed by atoms with Crippen LogP contribution in [-0.2, 0) is 4.79 Å². The summed E-state index contributed by atoms with van der Waals surface area (Å²) in [4.78, 5) is 9.84. The summed E-state index contributed by atoms with van der Waals surface area (Å²) in [5.74, 6) is -0.793. The average Bonchev–Trinajstić information content (AvgIpc) is 1.61. The molecule has 0 aliphatic carbocycles. The zero-order valence-corrected chi connectivity index (χ0v) is 6.03. The van der Waals surface area contributed by atoms with Gasteiger partial charge in [0.15, 0.2) is 0 Å². The van der Waals surface area contributed by atoms with Crippen molar-refractivity contribution in [3.8, 4) is 0 Å². The van der Waals surface area contributed by atoms with Gasteiger partial charge in [0.1, 0.15) is 0 Å². The molecule has 0 saturated carbocycles. The van der Waals surface area contributed by atoms with Crippen molar-refractivity contribution in [3.05, 3.63) is 0 Å². The molecule has 0 fully saturated rings. The van der Waals surface area contributed by atoms with Crippen molar-refractivity contribution < 1.29 is 9.90 Å². The van der Waals surface area contributed by atoms with Crippen LogP contribution in [0.5, 0.6) is 0 Å². The molecule has 0 heterocycles. The summed E-state index contributed by atoms with van der Waals surface area (Å²) in [5.41, 5.74) is 0. The van der Waals surface area contributed by atoms with Crippen molar-refractivity contribution in [2.45, 2.75) is 17.4 Å². The van der Waals surface area contributed by atoms with Crippen LogP contribution in [0.15, 0.2) is 0 Å². The summed E-state index contributed by atoms with van der Waals surface area (Å²) < 4.78 is -0.105. The second kappa shape index (κ2) is 11.2. The number of thiol groups is 2. The molecule has 0 amide bonds. The van der Waals surface area contributed by atoms with Crippen LogP contribution in [0.4, 0.5) is 0 Å². The Labute approximate surface area is 116 Å². The second-order valence-electron chi connectivity index (χ2n) is 1.41. The van der Waals surface area contributed by atoms with Crippen molar-refractivity contribution in [1.82, 2.24) is 0 Å². The van der Waals surface area contributed by atoms with Gasteiger partial charge in [-0.2, -0.15) is 25.3 Å². The molecule has 0 aromatic rings. The Hall–Kier alpha value is 2.17. The normalized spacial score (nSPS) is 7.90. The first-order chi connectivity index (χ1) is 3.63. The molecule has 0 saturated heterocycles. The van der Waals surface area contributed by atoms with Crippen molar-refractivity contribution in [2.24, 2.45) is 0 Å². The molecule has 52 valence electrons. The van der Waals surface area contributed by atoms with E-state index in [2.05, 4.69) is 25.3 Å². The fourth-order valence-electron chi connectivity index (χ4n) is 0.253. The molecule has 0 unspecified atom stereocenters. The summed E-state index contributed by atoms with van der Waals surface area (Å²) in [6.45, 7) is 0. The second-order valence-corrected chi connectivity index (χ2v) is 3.07. The third kappa shape index (κ3) is 16.6. The fourth-order valence-corrected chi connectivity index (χ4v) is 0.511. The maximum absolute atomic E-state index is 9.84. The van der Waals surface area contributed by atoms with E-state index in [1.165, 1.54) is 0 Å². The summed E-state index contributed by atoms with van der Waals surface area (Å²) in [7, 11) is 0. The zero-order valence-electron chi connectivity index (χ0n) is 4.24. The molecule has 0 bridgehead atoms. The monoisotopic (exact) mass is 200 g/mol. The average molecular weight is 200 g/mol. The SMILES string of the molecule is O=C(O)CCC(S)S.[NaH].[NaH]. The van der Waals surface area contributed by atoms with E-state index in [4.69, 9.17) is 5.11 Å². The van der Waals surface area contributed by atoms with Gasteiger partial charge in [-0.05, 0) is 6.42 Å². The molecule has 0 spiro atoms. The van der Waals surface area contributed by atoms with Gasteiger partial charge in [-0.15, -0.1) is 0 Å². The molecule has 0 aliphatic heterocycles. The van der Waals surface area contributed by atoms with Gasteiger partial charge in [-0.3, -0.25) is 4.79 Å². The van der Waals surface area contributed by atoms with Gasteiger partial charge < -0.3 is 5.11 Å². The molecule has 10 heavy (non-hydrogen) atoms. The number of rotatable bonds is 3. The molecule has 0 aliphatic rings. The molecule has 1 N–H and O–H groups in total. The van der Waals surface area contributed by atoms with E-state index in [9.17, 15) is 4.79 Å². The van der Waals surface area contributed by atoms with E-state index < -0.39 is 5.97 Å². The third-order valence-corrected chi connectivity index (χ3v) is 1.13. The molecule has 0 aromatic carbocycles. The Bertz CT molecular complexity index is 89.3. The van der Waals surface area contributed by atoms with Crippen LogP contribution in [0.2, 0.25) is 0 Å². The van der Waals surface area contributed by atoms with E-state index in [1.807, 2.05) is 0 Å². The third-order valence-electron chi connectivity index (χ3n) is 0.616. The van der Waals surface area contributed by atoms with E-state index in [0.717, 1.165) is 0 Å². The summed E-state index contributed by atoms with van der Waals surface area (Å²) in [6, 6.07) is 0. The first kappa shape index (κ1) is 18.1. The number of hydrogen-bond donors (Lipinski definition) is 3. The number of carboxylic acid groups (broad SMARTS) is 1. The van der Waals surface area contributed by atoms with Gasteiger partial charge in [0.25, 0.3) is 0 Å². The number of carboxylic acids is 1. The van der Waals surface area contributed by atoms with Gasteiger partial charge >= 0.3 is 65.1 Å². The number of aliphatic carboxylic acids is 1. The minimum absolute atomic E-state index is 0. The van der Waals surface area contributed by atoms with Crippen molar-refractivity contribution in [1.29, 1.82) is 0 Å². The first-order valence-corrected chi connectivity index (χ1v) is 3.24. The van der Waals surface area contributed by atoms with Gasteiger partial charge in [0.2, 0.25) is 0 Å². The quantitative estimate of drug-likeness (QED) is 0.333. The molecule has 6 heteroatoms. The van der Waals surface area contributed by atoms with Crippen LogP contribution in [0, 0.1) is 0 Å². The predicted octanol–water partition coefficient (Wildman–Crippen LogP) is -0.260. The van der Waals surface area contributed by atoms with Gasteiger partial charge in [-0.25, -0.2) is 0 Å². The van der Waals surface area contributed by atoms with Crippen LogP contribution in [0.1, 0.15) is 12.8 Å². The van der Waals surface area contributed by atoms with Gasteiger partial charge in [-0.1, -0.05) is 0 Å². The number of carbonyl (C=O) groups is 1. The van der Waals surface area contributed by atoms with Crippen molar-refractivity contribution in [2.75, 3.05) is 0 Å². The fraction of sp³-hybridized carbons (Fsp3) is 0.750. The van der Waals surface area contributed by atoms with E-state index in [-0.39, 0.29) is 70.1 Å². The summed E-state index contributed by atoms with van der Waals surface area (Å²) in [5, 5.41) is 8.09. The van der Waals surface area contributed by atoms with Crippen LogP contribution in [-0.4, -0.2) is 74.8 Å².